The van der Waals surface area contributed by atoms with Gasteiger partial charge in [0.1, 0.15) is 23.2 Å². The molecular formula is C25H27BFN5O8. The maximum Gasteiger partial charge on any atom is 0.526 e. The Balaban J connectivity index is 1.57. The van der Waals surface area contributed by atoms with Crippen molar-refractivity contribution in [3.63, 3.8) is 0 Å². The Morgan fingerprint density at radius 3 is 2.70 bits per heavy atom. The summed E-state index contributed by atoms with van der Waals surface area (Å²) in [7, 11) is -1.50. The number of piperazine rings is 1. The molecule has 2 aliphatic rings. The van der Waals surface area contributed by atoms with Crippen molar-refractivity contribution >= 4 is 36.5 Å². The number of halogens is 1. The molecule has 2 aliphatic heterocycles. The zero-order valence-electron chi connectivity index (χ0n) is 21.5. The summed E-state index contributed by atoms with van der Waals surface area (Å²) in [6, 6.07) is 2.70. The van der Waals surface area contributed by atoms with Gasteiger partial charge in [-0.1, -0.05) is 12.1 Å². The number of carbonyl (C=O) groups is 5. The highest BCUT2D eigenvalue weighted by Gasteiger charge is 2.41. The lowest BCUT2D eigenvalue weighted by molar-refractivity contribution is -0.153. The number of urea groups is 1. The monoisotopic (exact) mass is 555 g/mol. The third-order valence-electron chi connectivity index (χ3n) is 6.73. The summed E-state index contributed by atoms with van der Waals surface area (Å²) in [4.78, 5) is 68.9. The molecule has 5 N–H and O–H groups in total. The van der Waals surface area contributed by atoms with Crippen LogP contribution in [0.4, 0.5) is 9.18 Å². The number of Topliss-reactive ketones (excluding diaryl/α,β-unsaturated/α-hetero) is 2. The number of nitrogens with two attached hydrogens (primary N) is 1. The number of ketones is 2. The zero-order chi connectivity index (χ0) is 29.1. The van der Waals surface area contributed by atoms with E-state index < -0.39 is 66.3 Å². The molecule has 1 aromatic carbocycles. The van der Waals surface area contributed by atoms with Gasteiger partial charge in [0.05, 0.1) is 11.8 Å². The Bertz CT molecular complexity index is 1370. The van der Waals surface area contributed by atoms with E-state index in [2.05, 4.69) is 10.3 Å². The maximum absolute atomic E-state index is 14.8. The Kier molecular flexibility index (Phi) is 8.45. The molecule has 1 saturated heterocycles. The van der Waals surface area contributed by atoms with Crippen LogP contribution in [0.25, 0.3) is 0 Å². The molecule has 4 rings (SSSR count). The van der Waals surface area contributed by atoms with E-state index in [1.54, 1.807) is 18.2 Å². The van der Waals surface area contributed by atoms with Gasteiger partial charge >= 0.3 is 25.0 Å². The van der Waals surface area contributed by atoms with Crippen molar-refractivity contribution in [2.75, 3.05) is 26.2 Å². The molecule has 0 saturated carbocycles. The molecule has 2 atom stereocenters. The molecule has 1 aromatic heterocycles. The lowest BCUT2D eigenvalue weighted by Gasteiger charge is -2.33. The van der Waals surface area contributed by atoms with Gasteiger partial charge in [0.2, 0.25) is 0 Å². The third kappa shape index (κ3) is 5.79. The normalized spacial score (nSPS) is 17.7. The van der Waals surface area contributed by atoms with Crippen LogP contribution in [0.2, 0.25) is 5.82 Å². The highest BCUT2D eigenvalue weighted by Crippen LogP contribution is 2.37. The number of nitrogens with one attached hydrogen (secondary N) is 1. The molecule has 15 heteroatoms. The number of rotatable bonds is 8. The number of pyridine rings is 1. The van der Waals surface area contributed by atoms with Crippen molar-refractivity contribution in [1.82, 2.24) is 20.1 Å². The summed E-state index contributed by atoms with van der Waals surface area (Å²) in [6.07, 6.45) is 0.587. The SMILES string of the molecule is CC(=O)c1cccc2c1OB(O)[C@@H](CC(=O)[C@H](NC(=O)N1CCN(CCN)C(=O)C1=O)c1ncc(O)cc1F)C2. The minimum Gasteiger partial charge on any atom is -0.535 e. The number of imide groups is 1. The fraction of sp³-hybridized carbons (Fsp3) is 0.360. The summed E-state index contributed by atoms with van der Waals surface area (Å²) in [5.74, 6) is -5.41. The summed E-state index contributed by atoms with van der Waals surface area (Å²) < 4.78 is 20.4. The van der Waals surface area contributed by atoms with E-state index in [0.717, 1.165) is 6.20 Å². The molecule has 40 heavy (non-hydrogen) atoms. The molecule has 0 spiro atoms. The van der Waals surface area contributed by atoms with Gasteiger partial charge in [-0.15, -0.1) is 0 Å². The highest BCUT2D eigenvalue weighted by atomic mass is 19.1. The minimum absolute atomic E-state index is 0.0207. The fourth-order valence-corrected chi connectivity index (χ4v) is 4.70. The van der Waals surface area contributed by atoms with E-state index in [4.69, 9.17) is 10.4 Å². The molecule has 13 nitrogen and oxygen atoms in total. The van der Waals surface area contributed by atoms with Crippen molar-refractivity contribution < 1.29 is 43.1 Å². The molecule has 2 aromatic rings. The molecule has 210 valence electrons. The number of carbonyl (C=O) groups excluding carboxylic acids is 5. The number of para-hydroxylation sites is 1. The first-order chi connectivity index (χ1) is 19.0. The molecule has 3 heterocycles. The number of hydrogen-bond acceptors (Lipinski definition) is 10. The predicted molar refractivity (Wildman–Crippen MR) is 137 cm³/mol. The maximum atomic E-state index is 14.8. The number of aromatic nitrogens is 1. The van der Waals surface area contributed by atoms with Gasteiger partial charge in [0.25, 0.3) is 0 Å². The van der Waals surface area contributed by atoms with Crippen LogP contribution in [0, 0.1) is 5.82 Å². The highest BCUT2D eigenvalue weighted by molar-refractivity contribution is 6.47. The van der Waals surface area contributed by atoms with Gasteiger partial charge in [-0.05, 0) is 25.0 Å². The van der Waals surface area contributed by atoms with Crippen LogP contribution in [0.15, 0.2) is 30.5 Å². The summed E-state index contributed by atoms with van der Waals surface area (Å²) >= 11 is 0. The second kappa shape index (κ2) is 11.8. The average Bonchev–Trinajstić information content (AvgIpc) is 2.90. The Hall–Kier alpha value is -4.37. The average molecular weight is 555 g/mol. The number of fused-ring (bicyclic) bond motifs is 1. The smallest absolute Gasteiger partial charge is 0.526 e. The van der Waals surface area contributed by atoms with E-state index in [0.29, 0.717) is 16.5 Å². The summed E-state index contributed by atoms with van der Waals surface area (Å²) in [5.41, 5.74) is 5.75. The largest absolute Gasteiger partial charge is 0.535 e. The van der Waals surface area contributed by atoms with E-state index in [9.17, 15) is 38.5 Å². The lowest BCUT2D eigenvalue weighted by Crippen LogP contribution is -2.59. The second-order valence-corrected chi connectivity index (χ2v) is 9.47. The first kappa shape index (κ1) is 28.6. The third-order valence-corrected chi connectivity index (χ3v) is 6.73. The first-order valence-corrected chi connectivity index (χ1v) is 12.5. The number of benzene rings is 1. The van der Waals surface area contributed by atoms with Crippen LogP contribution in [0.5, 0.6) is 11.5 Å². The minimum atomic E-state index is -1.74. The molecule has 0 aliphatic carbocycles. The van der Waals surface area contributed by atoms with E-state index >= 15 is 0 Å². The number of aromatic hydroxyl groups is 1. The lowest BCUT2D eigenvalue weighted by atomic mass is 9.64. The Morgan fingerprint density at radius 2 is 2.02 bits per heavy atom. The molecule has 1 fully saturated rings. The number of nitrogens with zero attached hydrogens (tertiary/aromatic N) is 3. The van der Waals surface area contributed by atoms with Crippen molar-refractivity contribution in [1.29, 1.82) is 0 Å². The predicted octanol–water partition coefficient (Wildman–Crippen LogP) is -0.0459. The van der Waals surface area contributed by atoms with Gasteiger partial charge in [0.15, 0.2) is 17.4 Å². The summed E-state index contributed by atoms with van der Waals surface area (Å²) in [5, 5.41) is 22.5. The van der Waals surface area contributed by atoms with Crippen molar-refractivity contribution in [3.8, 4) is 11.5 Å². The molecular weight excluding hydrogens is 528 g/mol. The van der Waals surface area contributed by atoms with Gasteiger partial charge in [-0.3, -0.25) is 29.1 Å². The topological polar surface area (TPSA) is 192 Å². The van der Waals surface area contributed by atoms with E-state index in [1.807, 2.05) is 0 Å². The Labute approximate surface area is 228 Å². The molecule has 0 radical (unpaired) electrons. The van der Waals surface area contributed by atoms with E-state index in [1.165, 1.54) is 11.8 Å². The fourth-order valence-electron chi connectivity index (χ4n) is 4.70. The Morgan fingerprint density at radius 1 is 1.27 bits per heavy atom. The zero-order valence-corrected chi connectivity index (χ0v) is 21.5. The quantitative estimate of drug-likeness (QED) is 0.195. The van der Waals surface area contributed by atoms with Crippen LogP contribution >= 0.6 is 0 Å². The number of hydrogen-bond donors (Lipinski definition) is 4. The van der Waals surface area contributed by atoms with Crippen molar-refractivity contribution in [3.05, 3.63) is 53.1 Å². The van der Waals surface area contributed by atoms with Crippen molar-refractivity contribution in [2.24, 2.45) is 5.73 Å². The number of amides is 4. The van der Waals surface area contributed by atoms with Crippen LogP contribution in [-0.2, 0) is 20.8 Å². The van der Waals surface area contributed by atoms with Gasteiger partial charge < -0.3 is 30.7 Å². The van der Waals surface area contributed by atoms with E-state index in [-0.39, 0.29) is 49.7 Å². The van der Waals surface area contributed by atoms with Crippen LogP contribution in [0.3, 0.4) is 0 Å². The second-order valence-electron chi connectivity index (χ2n) is 9.47. The molecule has 4 amide bonds. The van der Waals surface area contributed by atoms with Crippen LogP contribution in [-0.4, -0.2) is 87.6 Å². The molecule has 0 bridgehead atoms. The summed E-state index contributed by atoms with van der Waals surface area (Å²) in [6.45, 7) is 1.42. The van der Waals surface area contributed by atoms with Crippen LogP contribution < -0.4 is 15.7 Å². The standard InChI is InChI=1S/C25H27BFN5O8/c1-13(33)17-4-2-3-14-9-15(26(39)40-22(14)17)10-19(35)21(20-18(27)11-16(34)12-29-20)30-25(38)32-8-7-31(6-5-28)23(36)24(32)37/h2-4,11-12,15,21,34,39H,5-10,28H2,1H3,(H,30,38)/t15-,21+/m1/s1. The first-order valence-electron chi connectivity index (χ1n) is 12.5. The van der Waals surface area contributed by atoms with Gasteiger partial charge in [-0.25, -0.2) is 9.18 Å². The van der Waals surface area contributed by atoms with Gasteiger partial charge in [-0.2, -0.15) is 0 Å². The van der Waals surface area contributed by atoms with Crippen molar-refractivity contribution in [2.45, 2.75) is 31.6 Å². The van der Waals surface area contributed by atoms with Crippen LogP contribution in [0.1, 0.15) is 41.0 Å². The van der Waals surface area contributed by atoms with Gasteiger partial charge in [0, 0.05) is 44.5 Å². The molecule has 0 unspecified atom stereocenters.